The summed E-state index contributed by atoms with van der Waals surface area (Å²) in [7, 11) is 0. The summed E-state index contributed by atoms with van der Waals surface area (Å²) in [5.41, 5.74) is 12.1. The molecule has 0 atom stereocenters. The molecule has 3 aromatic rings. The highest BCUT2D eigenvalue weighted by molar-refractivity contribution is 5.98. The van der Waals surface area contributed by atoms with Crippen LogP contribution in [0.4, 0.5) is 5.82 Å². The highest BCUT2D eigenvalue weighted by Crippen LogP contribution is 2.38. The fraction of sp³-hybridized carbons (Fsp3) is 0.321. The maximum atomic E-state index is 12.3. The van der Waals surface area contributed by atoms with Crippen molar-refractivity contribution in [2.75, 3.05) is 25.5 Å². The van der Waals surface area contributed by atoms with Crippen LogP contribution in [-0.4, -0.2) is 30.6 Å². The van der Waals surface area contributed by atoms with Crippen LogP contribution in [0.25, 0.3) is 22.3 Å². The summed E-state index contributed by atoms with van der Waals surface area (Å²) in [6.45, 7) is 6.07. The Balaban J connectivity index is 1.51. The minimum absolute atomic E-state index is 0.0412. The lowest BCUT2D eigenvalue weighted by Crippen LogP contribution is -2.43. The third kappa shape index (κ3) is 3.72. The molecule has 34 heavy (non-hydrogen) atoms. The first-order chi connectivity index (χ1) is 16.3. The number of carbonyl (C=O) groups excluding carboxylic acids is 1. The van der Waals surface area contributed by atoms with Crippen LogP contribution in [0.15, 0.2) is 54.7 Å². The van der Waals surface area contributed by atoms with Gasteiger partial charge >= 0.3 is 0 Å². The fourth-order valence-electron chi connectivity index (χ4n) is 4.99. The number of nitrogen functional groups attached to an aromatic ring is 1. The number of nitrogens with one attached hydrogen (secondary N) is 1. The molecular formula is C28H28N4O2. The highest BCUT2D eigenvalue weighted by Gasteiger charge is 2.34. The van der Waals surface area contributed by atoms with Crippen molar-refractivity contribution in [2.45, 2.75) is 37.5 Å². The van der Waals surface area contributed by atoms with Crippen molar-refractivity contribution in [2.24, 2.45) is 0 Å². The summed E-state index contributed by atoms with van der Waals surface area (Å²) in [5.74, 6) is 0.407. The van der Waals surface area contributed by atoms with E-state index < -0.39 is 5.41 Å². The highest BCUT2D eigenvalue weighted by atomic mass is 16.5. The van der Waals surface area contributed by atoms with Gasteiger partial charge in [-0.2, -0.15) is 5.26 Å². The van der Waals surface area contributed by atoms with Gasteiger partial charge < -0.3 is 15.8 Å². The summed E-state index contributed by atoms with van der Waals surface area (Å²) in [5, 5.41) is 12.8. The van der Waals surface area contributed by atoms with Crippen molar-refractivity contribution in [3.05, 3.63) is 71.4 Å². The van der Waals surface area contributed by atoms with E-state index in [1.807, 2.05) is 42.5 Å². The maximum Gasteiger partial charge on any atom is 0.251 e. The molecule has 1 aromatic heterocycles. The molecule has 0 unspecified atom stereocenters. The first-order valence-electron chi connectivity index (χ1n) is 11.6. The van der Waals surface area contributed by atoms with Crippen LogP contribution < -0.4 is 11.1 Å². The fourth-order valence-corrected chi connectivity index (χ4v) is 4.99. The van der Waals surface area contributed by atoms with Gasteiger partial charge in [-0.3, -0.25) is 4.79 Å². The number of benzene rings is 2. The summed E-state index contributed by atoms with van der Waals surface area (Å²) < 4.78 is 5.47. The smallest absolute Gasteiger partial charge is 0.251 e. The van der Waals surface area contributed by atoms with Gasteiger partial charge in [0.1, 0.15) is 5.82 Å². The van der Waals surface area contributed by atoms with Crippen LogP contribution in [0, 0.1) is 11.3 Å². The lowest BCUT2D eigenvalue weighted by Gasteiger charge is -2.33. The summed E-state index contributed by atoms with van der Waals surface area (Å²) in [6, 6.07) is 18.6. The van der Waals surface area contributed by atoms with Crippen molar-refractivity contribution in [3.8, 4) is 28.3 Å². The van der Waals surface area contributed by atoms with E-state index in [9.17, 15) is 10.1 Å². The average molecular weight is 453 g/mol. The molecule has 0 spiro atoms. The lowest BCUT2D eigenvalue weighted by molar-refractivity contribution is 0.0675. The zero-order chi connectivity index (χ0) is 23.9. The summed E-state index contributed by atoms with van der Waals surface area (Å²) >= 11 is 0. The molecule has 2 aliphatic rings. The van der Waals surface area contributed by atoms with Crippen molar-refractivity contribution in [1.29, 1.82) is 5.26 Å². The Kier molecular flexibility index (Phi) is 5.38. The standard InChI is InChI=1S/C28H28N4O2/c1-27(2)17-32-26(33)22-8-5-19(14-24(22)27)23-13-20(15-31-25(23)30)18-3-6-21(7-4-18)28(16-29)9-11-34-12-10-28/h3-8,13-15H,9-12,17H2,1-2H3,(H2,30,31)(H,32,33). The third-order valence-electron chi connectivity index (χ3n) is 7.24. The van der Waals surface area contributed by atoms with Crippen molar-refractivity contribution < 1.29 is 9.53 Å². The predicted molar refractivity (Wildman–Crippen MR) is 132 cm³/mol. The number of aromatic nitrogens is 1. The molecular weight excluding hydrogens is 424 g/mol. The van der Waals surface area contributed by atoms with Crippen LogP contribution >= 0.6 is 0 Å². The number of carbonyl (C=O) groups is 1. The maximum absolute atomic E-state index is 12.3. The molecule has 0 aliphatic carbocycles. The predicted octanol–water partition coefficient (Wildman–Crippen LogP) is 4.59. The van der Waals surface area contributed by atoms with Gasteiger partial charge in [-0.05, 0) is 53.3 Å². The van der Waals surface area contributed by atoms with Gasteiger partial charge in [0, 0.05) is 48.1 Å². The molecule has 6 heteroatoms. The van der Waals surface area contributed by atoms with Gasteiger partial charge in [0.15, 0.2) is 0 Å². The van der Waals surface area contributed by atoms with Gasteiger partial charge in [-0.15, -0.1) is 0 Å². The topological polar surface area (TPSA) is 101 Å². The number of fused-ring (bicyclic) bond motifs is 1. The van der Waals surface area contributed by atoms with Crippen molar-refractivity contribution >= 4 is 11.7 Å². The molecule has 0 radical (unpaired) electrons. The number of ether oxygens (including phenoxy) is 1. The largest absolute Gasteiger partial charge is 0.383 e. The number of nitriles is 1. The van der Waals surface area contributed by atoms with E-state index in [0.717, 1.165) is 33.4 Å². The first kappa shape index (κ1) is 22.1. The number of rotatable bonds is 3. The molecule has 2 aromatic carbocycles. The Labute approximate surface area is 199 Å². The van der Waals surface area contributed by atoms with Gasteiger partial charge in [-0.25, -0.2) is 4.98 Å². The average Bonchev–Trinajstić information content (AvgIpc) is 2.87. The molecule has 1 fully saturated rings. The monoisotopic (exact) mass is 452 g/mol. The van der Waals surface area contributed by atoms with Crippen LogP contribution in [0.1, 0.15) is 48.2 Å². The number of hydrogen-bond donors (Lipinski definition) is 2. The lowest BCUT2D eigenvalue weighted by atomic mass is 9.75. The minimum Gasteiger partial charge on any atom is -0.383 e. The molecule has 0 bridgehead atoms. The Bertz CT molecular complexity index is 1300. The number of nitrogens with two attached hydrogens (primary N) is 1. The van der Waals surface area contributed by atoms with E-state index in [0.29, 0.717) is 44.0 Å². The normalized spacial score (nSPS) is 18.4. The number of hydrogen-bond acceptors (Lipinski definition) is 5. The first-order valence-corrected chi connectivity index (χ1v) is 11.6. The zero-order valence-corrected chi connectivity index (χ0v) is 19.5. The second-order valence-electron chi connectivity index (χ2n) is 9.87. The minimum atomic E-state index is -0.483. The van der Waals surface area contributed by atoms with Gasteiger partial charge in [-0.1, -0.05) is 44.2 Å². The second-order valence-corrected chi connectivity index (χ2v) is 9.87. The molecule has 3 N–H and O–H groups in total. The van der Waals surface area contributed by atoms with Gasteiger partial charge in [0.25, 0.3) is 5.91 Å². The van der Waals surface area contributed by atoms with E-state index in [2.05, 4.69) is 36.3 Å². The molecule has 1 saturated heterocycles. The molecule has 3 heterocycles. The van der Waals surface area contributed by atoms with Crippen molar-refractivity contribution in [1.82, 2.24) is 10.3 Å². The third-order valence-corrected chi connectivity index (χ3v) is 7.24. The number of anilines is 1. The van der Waals surface area contributed by atoms with Crippen LogP contribution in [-0.2, 0) is 15.6 Å². The van der Waals surface area contributed by atoms with Crippen LogP contribution in [0.5, 0.6) is 0 Å². The Morgan fingerprint density at radius 1 is 1.00 bits per heavy atom. The van der Waals surface area contributed by atoms with E-state index in [1.54, 1.807) is 6.20 Å². The van der Waals surface area contributed by atoms with Gasteiger partial charge in [0.2, 0.25) is 0 Å². The SMILES string of the molecule is CC1(C)CNC(=O)c2ccc(-c3cc(-c4ccc(C5(C#N)CCOCC5)cc4)cnc3N)cc21. The van der Waals surface area contributed by atoms with E-state index in [4.69, 9.17) is 10.5 Å². The second kappa shape index (κ2) is 8.27. The molecule has 1 amide bonds. The van der Waals surface area contributed by atoms with E-state index in [-0.39, 0.29) is 11.3 Å². The van der Waals surface area contributed by atoms with Crippen molar-refractivity contribution in [3.63, 3.8) is 0 Å². The summed E-state index contributed by atoms with van der Waals surface area (Å²) in [6.07, 6.45) is 3.20. The molecule has 6 nitrogen and oxygen atoms in total. The Hall–Kier alpha value is -3.69. The summed E-state index contributed by atoms with van der Waals surface area (Å²) in [4.78, 5) is 16.8. The van der Waals surface area contributed by atoms with Gasteiger partial charge in [0.05, 0.1) is 11.5 Å². The molecule has 2 aliphatic heterocycles. The number of pyridine rings is 1. The van der Waals surface area contributed by atoms with Crippen LogP contribution in [0.2, 0.25) is 0 Å². The Morgan fingerprint density at radius 2 is 1.71 bits per heavy atom. The molecule has 5 rings (SSSR count). The molecule has 0 saturated carbocycles. The van der Waals surface area contributed by atoms with Crippen LogP contribution in [0.3, 0.4) is 0 Å². The number of nitrogens with zero attached hydrogens (tertiary/aromatic N) is 2. The Morgan fingerprint density at radius 3 is 2.41 bits per heavy atom. The molecule has 172 valence electrons. The van der Waals surface area contributed by atoms with E-state index >= 15 is 0 Å². The zero-order valence-electron chi connectivity index (χ0n) is 19.5. The quantitative estimate of drug-likeness (QED) is 0.605. The number of amides is 1. The van der Waals surface area contributed by atoms with E-state index in [1.165, 1.54) is 0 Å².